The molecule has 118 valence electrons. The van der Waals surface area contributed by atoms with Gasteiger partial charge in [0.1, 0.15) is 6.04 Å². The van der Waals surface area contributed by atoms with Crippen LogP contribution < -0.4 is 5.32 Å². The lowest BCUT2D eigenvalue weighted by Crippen LogP contribution is -2.37. The van der Waals surface area contributed by atoms with E-state index < -0.39 is 0 Å². The first-order valence-electron chi connectivity index (χ1n) is 7.38. The summed E-state index contributed by atoms with van der Waals surface area (Å²) >= 11 is 0. The lowest BCUT2D eigenvalue weighted by Gasteiger charge is -2.24. The molecule has 0 saturated heterocycles. The zero-order valence-electron chi connectivity index (χ0n) is 13.9. The third kappa shape index (κ3) is 3.74. The van der Waals surface area contributed by atoms with Crippen molar-refractivity contribution in [3.63, 3.8) is 0 Å². The molecule has 0 saturated carbocycles. The Bertz CT molecular complexity index is 643. The van der Waals surface area contributed by atoms with Crippen LogP contribution in [0.4, 0.5) is 0 Å². The number of aromatic nitrogens is 2. The number of carbonyl (C=O) groups excluding carboxylic acids is 1. The van der Waals surface area contributed by atoms with Crippen LogP contribution in [-0.2, 0) is 18.4 Å². The fourth-order valence-corrected chi connectivity index (χ4v) is 2.54. The number of likely N-dealkylation sites (N-methyl/N-ethyl adjacent to an activating group) is 1. The largest absolute Gasteiger partial charge is 0.349 e. The normalized spacial score (nSPS) is 12.5. The van der Waals surface area contributed by atoms with E-state index in [2.05, 4.69) is 10.4 Å². The highest BCUT2D eigenvalue weighted by molar-refractivity contribution is 5.83. The molecule has 2 aromatic rings. The van der Waals surface area contributed by atoms with E-state index in [0.717, 1.165) is 17.0 Å². The molecule has 0 fully saturated rings. The Balaban J connectivity index is 2.10. The van der Waals surface area contributed by atoms with Crippen LogP contribution in [0.3, 0.4) is 0 Å². The van der Waals surface area contributed by atoms with Crippen LogP contribution >= 0.6 is 0 Å². The number of benzene rings is 1. The Morgan fingerprint density at radius 2 is 1.91 bits per heavy atom. The van der Waals surface area contributed by atoms with Crippen LogP contribution in [0.1, 0.15) is 28.6 Å². The van der Waals surface area contributed by atoms with Crippen LogP contribution in [0.15, 0.2) is 30.3 Å². The zero-order chi connectivity index (χ0) is 16.3. The van der Waals surface area contributed by atoms with Crippen LogP contribution in [0, 0.1) is 13.8 Å². The fourth-order valence-electron chi connectivity index (χ4n) is 2.54. The number of nitrogens with one attached hydrogen (secondary N) is 1. The highest BCUT2D eigenvalue weighted by Crippen LogP contribution is 2.19. The predicted octanol–water partition coefficient (Wildman–Crippen LogP) is 1.96. The Labute approximate surface area is 131 Å². The molecule has 0 bridgehead atoms. The minimum absolute atomic E-state index is 0.00675. The van der Waals surface area contributed by atoms with Crippen molar-refractivity contribution in [2.45, 2.75) is 26.4 Å². The van der Waals surface area contributed by atoms with Gasteiger partial charge in [-0.2, -0.15) is 5.10 Å². The smallest absolute Gasteiger partial charge is 0.242 e. The van der Waals surface area contributed by atoms with E-state index >= 15 is 0 Å². The second kappa shape index (κ2) is 6.75. The van der Waals surface area contributed by atoms with E-state index in [-0.39, 0.29) is 11.9 Å². The van der Waals surface area contributed by atoms with Crippen molar-refractivity contribution in [1.82, 2.24) is 20.0 Å². The van der Waals surface area contributed by atoms with Crippen molar-refractivity contribution >= 4 is 5.91 Å². The Hall–Kier alpha value is -2.14. The SMILES string of the molecule is Cc1ccc([C@H](C(=O)NCc2cc(C)nn2C)N(C)C)cc1. The molecule has 1 amide bonds. The molecule has 5 heteroatoms. The number of amides is 1. The fraction of sp³-hybridized carbons (Fsp3) is 0.412. The molecule has 2 rings (SSSR count). The zero-order valence-corrected chi connectivity index (χ0v) is 13.9. The second-order valence-electron chi connectivity index (χ2n) is 5.90. The average molecular weight is 300 g/mol. The number of hydrogen-bond donors (Lipinski definition) is 1. The second-order valence-corrected chi connectivity index (χ2v) is 5.90. The van der Waals surface area contributed by atoms with Crippen molar-refractivity contribution in [3.05, 3.63) is 52.8 Å². The van der Waals surface area contributed by atoms with E-state index in [1.165, 1.54) is 5.56 Å². The molecule has 22 heavy (non-hydrogen) atoms. The lowest BCUT2D eigenvalue weighted by atomic mass is 10.0. The van der Waals surface area contributed by atoms with Gasteiger partial charge in [-0.15, -0.1) is 0 Å². The van der Waals surface area contributed by atoms with Crippen molar-refractivity contribution < 1.29 is 4.79 Å². The van der Waals surface area contributed by atoms with Crippen LogP contribution in [-0.4, -0.2) is 34.7 Å². The minimum atomic E-state index is -0.296. The van der Waals surface area contributed by atoms with E-state index in [0.29, 0.717) is 6.54 Å². The molecule has 0 radical (unpaired) electrons. The predicted molar refractivity (Wildman–Crippen MR) is 87.4 cm³/mol. The van der Waals surface area contributed by atoms with Gasteiger partial charge in [0.2, 0.25) is 5.91 Å². The molecule has 5 nitrogen and oxygen atoms in total. The first kappa shape index (κ1) is 16.2. The summed E-state index contributed by atoms with van der Waals surface area (Å²) in [6.07, 6.45) is 0. The average Bonchev–Trinajstić information content (AvgIpc) is 2.77. The maximum atomic E-state index is 12.6. The maximum Gasteiger partial charge on any atom is 0.242 e. The number of rotatable bonds is 5. The number of hydrogen-bond acceptors (Lipinski definition) is 3. The first-order chi connectivity index (χ1) is 10.4. The molecule has 1 atom stereocenters. The number of nitrogens with zero attached hydrogens (tertiary/aromatic N) is 3. The highest BCUT2D eigenvalue weighted by Gasteiger charge is 2.22. The van der Waals surface area contributed by atoms with Gasteiger partial charge in [-0.05, 0) is 39.6 Å². The summed E-state index contributed by atoms with van der Waals surface area (Å²) in [6, 6.07) is 9.76. The molecule has 1 aromatic carbocycles. The van der Waals surface area contributed by atoms with Gasteiger partial charge >= 0.3 is 0 Å². The maximum absolute atomic E-state index is 12.6. The first-order valence-corrected chi connectivity index (χ1v) is 7.38. The Morgan fingerprint density at radius 1 is 1.27 bits per heavy atom. The Morgan fingerprint density at radius 3 is 2.41 bits per heavy atom. The monoisotopic (exact) mass is 300 g/mol. The summed E-state index contributed by atoms with van der Waals surface area (Å²) in [5.74, 6) is -0.00675. The van der Waals surface area contributed by atoms with Crippen LogP contribution in [0.25, 0.3) is 0 Å². The van der Waals surface area contributed by atoms with E-state index in [1.807, 2.05) is 70.2 Å². The third-order valence-corrected chi connectivity index (χ3v) is 3.70. The number of aryl methyl sites for hydroxylation is 3. The van der Waals surface area contributed by atoms with Crippen molar-refractivity contribution in [1.29, 1.82) is 0 Å². The van der Waals surface area contributed by atoms with Gasteiger partial charge in [-0.1, -0.05) is 29.8 Å². The summed E-state index contributed by atoms with van der Waals surface area (Å²) in [4.78, 5) is 14.5. The van der Waals surface area contributed by atoms with Gasteiger partial charge in [0.05, 0.1) is 17.9 Å². The Kier molecular flexibility index (Phi) is 4.98. The third-order valence-electron chi connectivity index (χ3n) is 3.70. The molecule has 1 N–H and O–H groups in total. The molecule has 0 spiro atoms. The summed E-state index contributed by atoms with van der Waals surface area (Å²) in [6.45, 7) is 4.46. The van der Waals surface area contributed by atoms with Crippen LogP contribution in [0.5, 0.6) is 0 Å². The summed E-state index contributed by atoms with van der Waals surface area (Å²) in [7, 11) is 5.72. The minimum Gasteiger partial charge on any atom is -0.349 e. The standard InChI is InChI=1S/C17H24N4O/c1-12-6-8-14(9-7-12)16(20(3)4)17(22)18-11-15-10-13(2)19-21(15)5/h6-10,16H,11H2,1-5H3,(H,18,22)/t16-/m1/s1. The topological polar surface area (TPSA) is 50.2 Å². The van der Waals surface area contributed by atoms with E-state index in [4.69, 9.17) is 0 Å². The van der Waals surface area contributed by atoms with Gasteiger partial charge in [0, 0.05) is 7.05 Å². The highest BCUT2D eigenvalue weighted by atomic mass is 16.2. The van der Waals surface area contributed by atoms with Gasteiger partial charge < -0.3 is 5.32 Å². The summed E-state index contributed by atoms with van der Waals surface area (Å²) in [5, 5.41) is 7.30. The molecular formula is C17H24N4O. The summed E-state index contributed by atoms with van der Waals surface area (Å²) < 4.78 is 1.80. The van der Waals surface area contributed by atoms with Gasteiger partial charge in [-0.3, -0.25) is 14.4 Å². The van der Waals surface area contributed by atoms with Crippen LogP contribution in [0.2, 0.25) is 0 Å². The van der Waals surface area contributed by atoms with Crippen molar-refractivity contribution in [2.75, 3.05) is 14.1 Å². The molecule has 1 heterocycles. The number of carbonyl (C=O) groups is 1. The van der Waals surface area contributed by atoms with Crippen molar-refractivity contribution in [3.8, 4) is 0 Å². The summed E-state index contributed by atoms with van der Waals surface area (Å²) in [5.41, 5.74) is 4.13. The quantitative estimate of drug-likeness (QED) is 0.918. The van der Waals surface area contributed by atoms with Gasteiger partial charge in [0.15, 0.2) is 0 Å². The van der Waals surface area contributed by atoms with Crippen molar-refractivity contribution in [2.24, 2.45) is 7.05 Å². The molecule has 0 aliphatic carbocycles. The van der Waals surface area contributed by atoms with E-state index in [9.17, 15) is 4.79 Å². The lowest BCUT2D eigenvalue weighted by molar-refractivity contribution is -0.126. The molecular weight excluding hydrogens is 276 g/mol. The molecule has 0 unspecified atom stereocenters. The van der Waals surface area contributed by atoms with Gasteiger partial charge in [-0.25, -0.2) is 0 Å². The molecule has 1 aromatic heterocycles. The van der Waals surface area contributed by atoms with E-state index in [1.54, 1.807) is 4.68 Å². The molecule has 0 aliphatic rings. The van der Waals surface area contributed by atoms with Gasteiger partial charge in [0.25, 0.3) is 0 Å². The molecule has 0 aliphatic heterocycles.